The largest absolute Gasteiger partial charge is 0.372 e. The molecule has 3 aliphatic rings. The van der Waals surface area contributed by atoms with Crippen LogP contribution in [0.15, 0.2) is 49.3 Å². The predicted octanol–water partition coefficient (Wildman–Crippen LogP) is 6.30. The second kappa shape index (κ2) is 8.91. The molecular formula is C27H39N3. The van der Waals surface area contributed by atoms with Crippen molar-refractivity contribution >= 4 is 11.4 Å². The SMILES string of the molecule is C=C1CCC(N2Cc3cc(N4CCC(CC(CC)CC)CC4)ccc3C2=C)C(=C)N1. The average molecular weight is 406 g/mol. The fourth-order valence-electron chi connectivity index (χ4n) is 5.64. The number of nitrogens with one attached hydrogen (secondary N) is 1. The highest BCUT2D eigenvalue weighted by molar-refractivity contribution is 5.72. The van der Waals surface area contributed by atoms with E-state index in [1.165, 1.54) is 62.0 Å². The fourth-order valence-corrected chi connectivity index (χ4v) is 5.64. The Morgan fingerprint density at radius 3 is 2.47 bits per heavy atom. The molecule has 1 aromatic rings. The molecule has 30 heavy (non-hydrogen) atoms. The molecule has 0 aliphatic carbocycles. The van der Waals surface area contributed by atoms with Crippen molar-refractivity contribution in [3.8, 4) is 0 Å². The Morgan fingerprint density at radius 2 is 1.80 bits per heavy atom. The van der Waals surface area contributed by atoms with E-state index in [2.05, 4.69) is 66.9 Å². The normalized spacial score (nSPS) is 22.6. The highest BCUT2D eigenvalue weighted by Gasteiger charge is 2.32. The Morgan fingerprint density at radius 1 is 1.07 bits per heavy atom. The molecule has 1 unspecified atom stereocenters. The molecular weight excluding hydrogens is 366 g/mol. The maximum atomic E-state index is 4.42. The minimum Gasteiger partial charge on any atom is -0.372 e. The van der Waals surface area contributed by atoms with Crippen molar-refractivity contribution in [3.63, 3.8) is 0 Å². The van der Waals surface area contributed by atoms with Gasteiger partial charge in [-0.05, 0) is 61.6 Å². The van der Waals surface area contributed by atoms with E-state index in [-0.39, 0.29) is 0 Å². The summed E-state index contributed by atoms with van der Waals surface area (Å²) >= 11 is 0. The minimum absolute atomic E-state index is 0.305. The molecule has 3 heteroatoms. The molecule has 0 bridgehead atoms. The van der Waals surface area contributed by atoms with Crippen molar-refractivity contribution in [2.45, 2.75) is 71.4 Å². The third-order valence-electron chi connectivity index (χ3n) is 7.72. The molecule has 1 N–H and O–H groups in total. The Hall–Kier alpha value is -2.16. The van der Waals surface area contributed by atoms with Crippen LogP contribution in [0, 0.1) is 11.8 Å². The lowest BCUT2D eigenvalue weighted by atomic mass is 9.85. The van der Waals surface area contributed by atoms with E-state index in [0.29, 0.717) is 6.04 Å². The van der Waals surface area contributed by atoms with Crippen molar-refractivity contribution in [3.05, 3.63) is 60.5 Å². The monoisotopic (exact) mass is 405 g/mol. The molecule has 1 aromatic carbocycles. The molecule has 3 heterocycles. The predicted molar refractivity (Wildman–Crippen MR) is 129 cm³/mol. The lowest BCUT2D eigenvalue weighted by Gasteiger charge is -2.36. The first-order chi connectivity index (χ1) is 14.5. The smallest absolute Gasteiger partial charge is 0.0693 e. The number of benzene rings is 1. The zero-order chi connectivity index (χ0) is 21.3. The average Bonchev–Trinajstić information content (AvgIpc) is 3.08. The Kier molecular flexibility index (Phi) is 6.26. The van der Waals surface area contributed by atoms with Gasteiger partial charge in [0, 0.05) is 48.0 Å². The first-order valence-electron chi connectivity index (χ1n) is 12.0. The summed E-state index contributed by atoms with van der Waals surface area (Å²) < 4.78 is 0. The van der Waals surface area contributed by atoms with E-state index in [1.54, 1.807) is 0 Å². The number of piperidine rings is 2. The van der Waals surface area contributed by atoms with E-state index in [9.17, 15) is 0 Å². The van der Waals surface area contributed by atoms with Crippen LogP contribution in [-0.4, -0.2) is 24.0 Å². The second-order valence-electron chi connectivity index (χ2n) is 9.57. The fraction of sp³-hybridized carbons (Fsp3) is 0.556. The summed E-state index contributed by atoms with van der Waals surface area (Å²) in [4.78, 5) is 5.03. The highest BCUT2D eigenvalue weighted by Crippen LogP contribution is 2.39. The molecule has 2 fully saturated rings. The molecule has 162 valence electrons. The van der Waals surface area contributed by atoms with Crippen LogP contribution in [0.3, 0.4) is 0 Å². The Labute approximate surface area is 183 Å². The van der Waals surface area contributed by atoms with Gasteiger partial charge in [-0.25, -0.2) is 0 Å². The Balaban J connectivity index is 1.40. The Bertz CT molecular complexity index is 811. The van der Waals surface area contributed by atoms with Crippen molar-refractivity contribution < 1.29 is 0 Å². The summed E-state index contributed by atoms with van der Waals surface area (Å²) in [5.41, 5.74) is 7.38. The third kappa shape index (κ3) is 4.17. The molecule has 2 saturated heterocycles. The number of allylic oxidation sites excluding steroid dienone is 1. The zero-order valence-electron chi connectivity index (χ0n) is 19.1. The van der Waals surface area contributed by atoms with Crippen molar-refractivity contribution in [1.29, 1.82) is 0 Å². The van der Waals surface area contributed by atoms with Crippen LogP contribution in [-0.2, 0) is 6.54 Å². The molecule has 0 aromatic heterocycles. The van der Waals surface area contributed by atoms with Crippen LogP contribution >= 0.6 is 0 Å². The number of fused-ring (bicyclic) bond motifs is 1. The van der Waals surface area contributed by atoms with Crippen LogP contribution in [0.1, 0.15) is 69.9 Å². The first-order valence-corrected chi connectivity index (χ1v) is 12.0. The van der Waals surface area contributed by atoms with Gasteiger partial charge in [-0.1, -0.05) is 52.5 Å². The van der Waals surface area contributed by atoms with E-state index in [1.807, 2.05) is 0 Å². The molecule has 0 radical (unpaired) electrons. The van der Waals surface area contributed by atoms with Gasteiger partial charge in [0.25, 0.3) is 0 Å². The lowest BCUT2D eigenvalue weighted by Crippen LogP contribution is -2.39. The second-order valence-corrected chi connectivity index (χ2v) is 9.57. The van der Waals surface area contributed by atoms with Crippen molar-refractivity contribution in [2.24, 2.45) is 11.8 Å². The molecule has 0 spiro atoms. The summed E-state index contributed by atoms with van der Waals surface area (Å²) in [7, 11) is 0. The van der Waals surface area contributed by atoms with Gasteiger partial charge in [-0.3, -0.25) is 0 Å². The summed E-state index contributed by atoms with van der Waals surface area (Å²) in [6.07, 6.45) is 8.83. The lowest BCUT2D eigenvalue weighted by molar-refractivity contribution is 0.297. The number of hydrogen-bond acceptors (Lipinski definition) is 3. The van der Waals surface area contributed by atoms with Gasteiger partial charge < -0.3 is 15.1 Å². The molecule has 4 rings (SSSR count). The van der Waals surface area contributed by atoms with Gasteiger partial charge >= 0.3 is 0 Å². The van der Waals surface area contributed by atoms with Crippen LogP contribution in [0.2, 0.25) is 0 Å². The van der Waals surface area contributed by atoms with E-state index < -0.39 is 0 Å². The molecule has 0 saturated carbocycles. The van der Waals surface area contributed by atoms with Crippen LogP contribution in [0.25, 0.3) is 5.70 Å². The maximum Gasteiger partial charge on any atom is 0.0693 e. The molecule has 1 atom stereocenters. The molecule has 0 amide bonds. The van der Waals surface area contributed by atoms with Gasteiger partial charge in [0.15, 0.2) is 0 Å². The number of anilines is 1. The van der Waals surface area contributed by atoms with Crippen LogP contribution < -0.4 is 10.2 Å². The number of rotatable bonds is 6. The maximum absolute atomic E-state index is 4.42. The molecule has 3 nitrogen and oxygen atoms in total. The molecule has 3 aliphatic heterocycles. The van der Waals surface area contributed by atoms with E-state index >= 15 is 0 Å². The van der Waals surface area contributed by atoms with E-state index in [4.69, 9.17) is 0 Å². The number of nitrogens with zero attached hydrogens (tertiary/aromatic N) is 2. The van der Waals surface area contributed by atoms with Gasteiger partial charge in [-0.2, -0.15) is 0 Å². The summed E-state index contributed by atoms with van der Waals surface area (Å²) in [6.45, 7) is 20.8. The zero-order valence-corrected chi connectivity index (χ0v) is 19.1. The minimum atomic E-state index is 0.305. The van der Waals surface area contributed by atoms with Crippen LogP contribution in [0.5, 0.6) is 0 Å². The van der Waals surface area contributed by atoms with Gasteiger partial charge in [0.05, 0.1) is 6.04 Å². The summed E-state index contributed by atoms with van der Waals surface area (Å²) in [5.74, 6) is 1.83. The topological polar surface area (TPSA) is 18.5 Å². The standard InChI is InChI=1S/C27H39N3/c1-6-22(7-2)16-23-12-14-29(15-13-23)25-9-10-26-21(5)30(18-24(26)17-25)27-11-8-19(3)28-20(27)4/h9-10,17,22-23,27-28H,3-8,11-16,18H2,1-2H3. The van der Waals surface area contributed by atoms with Crippen molar-refractivity contribution in [2.75, 3.05) is 18.0 Å². The van der Waals surface area contributed by atoms with Gasteiger partial charge in [0.1, 0.15) is 0 Å². The summed E-state index contributed by atoms with van der Waals surface area (Å²) in [5, 5.41) is 3.36. The van der Waals surface area contributed by atoms with Crippen LogP contribution in [0.4, 0.5) is 5.69 Å². The summed E-state index contributed by atoms with van der Waals surface area (Å²) in [6, 6.07) is 7.32. The highest BCUT2D eigenvalue weighted by atomic mass is 15.2. The van der Waals surface area contributed by atoms with Crippen molar-refractivity contribution in [1.82, 2.24) is 10.2 Å². The quantitative estimate of drug-likeness (QED) is 0.599. The third-order valence-corrected chi connectivity index (χ3v) is 7.72. The first kappa shape index (κ1) is 21.1. The van der Waals surface area contributed by atoms with Gasteiger partial charge in [-0.15, -0.1) is 0 Å². The number of hydrogen-bond donors (Lipinski definition) is 1. The van der Waals surface area contributed by atoms with Gasteiger partial charge in [0.2, 0.25) is 0 Å². The van der Waals surface area contributed by atoms with E-state index in [0.717, 1.165) is 48.3 Å².